The standard InChI is InChI=1S/C6H10N2O4/c7-3-4(11)5(2(10)1-9)12-6(3)8/h2,5,9-10H,1,7-8H2. The highest BCUT2D eigenvalue weighted by molar-refractivity contribution is 6.00. The largest absolute Gasteiger partial charge is 0.463 e. The Morgan fingerprint density at radius 2 is 2.17 bits per heavy atom. The number of aliphatic hydroxyl groups is 2. The number of aliphatic hydroxyl groups excluding tert-OH is 2. The van der Waals surface area contributed by atoms with Gasteiger partial charge in [0.15, 0.2) is 6.10 Å². The molecule has 0 aromatic rings. The minimum absolute atomic E-state index is 0.197. The number of hydrogen-bond acceptors (Lipinski definition) is 6. The van der Waals surface area contributed by atoms with Gasteiger partial charge >= 0.3 is 0 Å². The van der Waals surface area contributed by atoms with Crippen LogP contribution < -0.4 is 11.5 Å². The van der Waals surface area contributed by atoms with E-state index >= 15 is 0 Å². The van der Waals surface area contributed by atoms with E-state index in [9.17, 15) is 4.79 Å². The molecule has 0 bridgehead atoms. The van der Waals surface area contributed by atoms with Crippen LogP contribution in [-0.2, 0) is 9.53 Å². The number of ether oxygens (including phenoxy) is 1. The summed E-state index contributed by atoms with van der Waals surface area (Å²) in [5.74, 6) is -0.786. The van der Waals surface area contributed by atoms with Crippen LogP contribution >= 0.6 is 0 Å². The van der Waals surface area contributed by atoms with Crippen molar-refractivity contribution in [1.29, 1.82) is 0 Å². The van der Waals surface area contributed by atoms with Crippen LogP contribution in [-0.4, -0.2) is 34.8 Å². The molecule has 6 heteroatoms. The van der Waals surface area contributed by atoms with E-state index in [0.717, 1.165) is 0 Å². The van der Waals surface area contributed by atoms with E-state index < -0.39 is 24.6 Å². The first kappa shape index (κ1) is 8.82. The van der Waals surface area contributed by atoms with Gasteiger partial charge in [-0.25, -0.2) is 0 Å². The highest BCUT2D eigenvalue weighted by Crippen LogP contribution is 2.16. The van der Waals surface area contributed by atoms with Crippen molar-refractivity contribution in [2.45, 2.75) is 12.2 Å². The van der Waals surface area contributed by atoms with Gasteiger partial charge < -0.3 is 26.4 Å². The maximum atomic E-state index is 11.1. The second-order valence-corrected chi connectivity index (χ2v) is 2.43. The molecule has 0 spiro atoms. The molecule has 0 amide bonds. The quantitative estimate of drug-likeness (QED) is 0.364. The molecular weight excluding hydrogens is 164 g/mol. The van der Waals surface area contributed by atoms with Crippen LogP contribution in [0.15, 0.2) is 11.6 Å². The van der Waals surface area contributed by atoms with E-state index in [4.69, 9.17) is 26.4 Å². The van der Waals surface area contributed by atoms with E-state index in [1.807, 2.05) is 0 Å². The van der Waals surface area contributed by atoms with Crippen LogP contribution in [0.25, 0.3) is 0 Å². The van der Waals surface area contributed by atoms with E-state index in [-0.39, 0.29) is 11.6 Å². The molecule has 1 aliphatic rings. The summed E-state index contributed by atoms with van der Waals surface area (Å²) in [5, 5.41) is 17.5. The molecule has 1 aliphatic heterocycles. The van der Waals surface area contributed by atoms with E-state index in [0.29, 0.717) is 0 Å². The van der Waals surface area contributed by atoms with Gasteiger partial charge in [-0.2, -0.15) is 0 Å². The first-order chi connectivity index (χ1) is 5.57. The lowest BCUT2D eigenvalue weighted by molar-refractivity contribution is -0.128. The molecule has 2 atom stereocenters. The lowest BCUT2D eigenvalue weighted by Crippen LogP contribution is -2.36. The normalized spacial score (nSPS) is 25.8. The van der Waals surface area contributed by atoms with Crippen molar-refractivity contribution in [3.05, 3.63) is 11.6 Å². The van der Waals surface area contributed by atoms with Gasteiger partial charge in [0, 0.05) is 0 Å². The van der Waals surface area contributed by atoms with Crippen LogP contribution in [0, 0.1) is 0 Å². The van der Waals surface area contributed by atoms with Crippen molar-refractivity contribution in [3.8, 4) is 0 Å². The van der Waals surface area contributed by atoms with Crippen LogP contribution in [0.2, 0.25) is 0 Å². The molecule has 0 aromatic carbocycles. The number of carbonyl (C=O) groups is 1. The van der Waals surface area contributed by atoms with Crippen LogP contribution in [0.5, 0.6) is 0 Å². The molecule has 0 radical (unpaired) electrons. The molecule has 1 rings (SSSR count). The Kier molecular flexibility index (Phi) is 2.20. The summed E-state index contributed by atoms with van der Waals surface area (Å²) in [6, 6.07) is 0. The van der Waals surface area contributed by atoms with Crippen LogP contribution in [0.3, 0.4) is 0 Å². The van der Waals surface area contributed by atoms with Crippen molar-refractivity contribution < 1.29 is 19.7 Å². The zero-order valence-corrected chi connectivity index (χ0v) is 6.23. The number of nitrogens with two attached hydrogens (primary N) is 2. The molecular formula is C6H10N2O4. The van der Waals surface area contributed by atoms with Gasteiger partial charge in [0.2, 0.25) is 11.7 Å². The number of ketones is 1. The third kappa shape index (κ3) is 1.21. The fourth-order valence-electron chi connectivity index (χ4n) is 0.877. The van der Waals surface area contributed by atoms with E-state index in [1.165, 1.54) is 0 Å². The number of rotatable bonds is 2. The number of Topliss-reactive ketones (excluding diaryl/α,β-unsaturated/α-hetero) is 1. The third-order valence-corrected chi connectivity index (χ3v) is 1.58. The van der Waals surface area contributed by atoms with Gasteiger partial charge in [-0.15, -0.1) is 0 Å². The van der Waals surface area contributed by atoms with Gasteiger partial charge in [0.1, 0.15) is 11.8 Å². The summed E-state index contributed by atoms with van der Waals surface area (Å²) < 4.78 is 4.71. The van der Waals surface area contributed by atoms with Gasteiger partial charge in [-0.05, 0) is 0 Å². The van der Waals surface area contributed by atoms with Gasteiger partial charge in [0.05, 0.1) is 6.61 Å². The van der Waals surface area contributed by atoms with Gasteiger partial charge in [-0.3, -0.25) is 4.79 Å². The Morgan fingerprint density at radius 3 is 2.50 bits per heavy atom. The first-order valence-corrected chi connectivity index (χ1v) is 3.33. The van der Waals surface area contributed by atoms with Gasteiger partial charge in [0.25, 0.3) is 0 Å². The van der Waals surface area contributed by atoms with Crippen molar-refractivity contribution >= 4 is 5.78 Å². The first-order valence-electron chi connectivity index (χ1n) is 3.33. The van der Waals surface area contributed by atoms with Crippen molar-refractivity contribution in [3.63, 3.8) is 0 Å². The molecule has 2 unspecified atom stereocenters. The average molecular weight is 174 g/mol. The summed E-state index contributed by atoms with van der Waals surface area (Å²) in [6.45, 7) is -0.572. The summed E-state index contributed by atoms with van der Waals surface area (Å²) in [7, 11) is 0. The molecule has 1 heterocycles. The minimum atomic E-state index is -1.28. The second kappa shape index (κ2) is 3.00. The number of carbonyl (C=O) groups excluding carboxylic acids is 1. The number of hydrogen-bond donors (Lipinski definition) is 4. The van der Waals surface area contributed by atoms with Crippen LogP contribution in [0.4, 0.5) is 0 Å². The Balaban J connectivity index is 2.73. The Morgan fingerprint density at radius 1 is 1.58 bits per heavy atom. The third-order valence-electron chi connectivity index (χ3n) is 1.58. The zero-order valence-electron chi connectivity index (χ0n) is 6.23. The van der Waals surface area contributed by atoms with E-state index in [2.05, 4.69) is 0 Å². The average Bonchev–Trinajstić information content (AvgIpc) is 2.32. The molecule has 0 saturated carbocycles. The molecule has 0 aliphatic carbocycles. The topological polar surface area (TPSA) is 119 Å². The SMILES string of the molecule is NC1=C(N)C(=O)C(C(O)CO)O1. The second-order valence-electron chi connectivity index (χ2n) is 2.43. The minimum Gasteiger partial charge on any atom is -0.463 e. The van der Waals surface area contributed by atoms with Crippen molar-refractivity contribution in [2.24, 2.45) is 11.5 Å². The highest BCUT2D eigenvalue weighted by atomic mass is 16.5. The monoisotopic (exact) mass is 174 g/mol. The predicted molar refractivity (Wildman–Crippen MR) is 38.4 cm³/mol. The molecule has 12 heavy (non-hydrogen) atoms. The zero-order chi connectivity index (χ0) is 9.30. The van der Waals surface area contributed by atoms with E-state index in [1.54, 1.807) is 0 Å². The summed E-state index contributed by atoms with van der Waals surface area (Å²) >= 11 is 0. The Hall–Kier alpha value is -1.27. The molecule has 0 fully saturated rings. The van der Waals surface area contributed by atoms with Crippen LogP contribution in [0.1, 0.15) is 0 Å². The Labute approximate surface area is 68.4 Å². The maximum absolute atomic E-state index is 11.1. The maximum Gasteiger partial charge on any atom is 0.227 e. The smallest absolute Gasteiger partial charge is 0.227 e. The van der Waals surface area contributed by atoms with Gasteiger partial charge in [-0.1, -0.05) is 0 Å². The fraction of sp³-hybridized carbons (Fsp3) is 0.500. The highest BCUT2D eigenvalue weighted by Gasteiger charge is 2.37. The van der Waals surface area contributed by atoms with Crippen molar-refractivity contribution in [2.75, 3.05) is 6.61 Å². The molecule has 0 saturated heterocycles. The summed E-state index contributed by atoms with van der Waals surface area (Å²) in [4.78, 5) is 11.1. The van der Waals surface area contributed by atoms with Crippen molar-refractivity contribution in [1.82, 2.24) is 0 Å². The summed E-state index contributed by atoms with van der Waals surface area (Å²) in [5.41, 5.74) is 10.2. The summed E-state index contributed by atoms with van der Waals surface area (Å²) in [6.07, 6.45) is -2.44. The molecule has 6 N–H and O–H groups in total. The Bertz CT molecular complexity index is 238. The molecule has 0 aromatic heterocycles. The molecule has 68 valence electrons. The molecule has 6 nitrogen and oxygen atoms in total. The predicted octanol–water partition coefficient (Wildman–Crippen LogP) is -2.61. The lowest BCUT2D eigenvalue weighted by atomic mass is 10.1. The lowest BCUT2D eigenvalue weighted by Gasteiger charge is -2.13. The fourth-order valence-corrected chi connectivity index (χ4v) is 0.877.